The highest BCUT2D eigenvalue weighted by Crippen LogP contribution is 2.28. The molecule has 0 aliphatic carbocycles. The molecule has 4 heteroatoms. The van der Waals surface area contributed by atoms with E-state index in [1.165, 1.54) is 12.1 Å². The first-order valence-corrected chi connectivity index (χ1v) is 7.59. The van der Waals surface area contributed by atoms with Gasteiger partial charge in [0.05, 0.1) is 12.7 Å². The van der Waals surface area contributed by atoms with E-state index in [0.717, 1.165) is 43.1 Å². The van der Waals surface area contributed by atoms with Gasteiger partial charge in [-0.3, -0.25) is 0 Å². The lowest BCUT2D eigenvalue weighted by atomic mass is 9.99. The van der Waals surface area contributed by atoms with Gasteiger partial charge < -0.3 is 10.1 Å². The summed E-state index contributed by atoms with van der Waals surface area (Å²) in [7, 11) is 0. The normalized spacial score (nSPS) is 15.9. The largest absolute Gasteiger partial charge is 0.373 e. The summed E-state index contributed by atoms with van der Waals surface area (Å²) in [5.41, 5.74) is 2.09. The van der Waals surface area contributed by atoms with Gasteiger partial charge in [0, 0.05) is 11.6 Å². The number of benzene rings is 2. The quantitative estimate of drug-likeness (QED) is 0.925. The monoisotopic (exact) mass is 303 g/mol. The Morgan fingerprint density at radius 3 is 2.55 bits per heavy atom. The van der Waals surface area contributed by atoms with Crippen molar-refractivity contribution in [2.75, 3.05) is 13.1 Å². The van der Waals surface area contributed by atoms with Crippen LogP contribution in [0.15, 0.2) is 42.5 Å². The van der Waals surface area contributed by atoms with Crippen LogP contribution in [0.3, 0.4) is 0 Å². The lowest BCUT2D eigenvalue weighted by Gasteiger charge is -2.23. The fourth-order valence-electron chi connectivity index (χ4n) is 2.79. The summed E-state index contributed by atoms with van der Waals surface area (Å²) < 4.78 is 33.1. The maximum absolute atomic E-state index is 14.0. The van der Waals surface area contributed by atoms with E-state index < -0.39 is 11.6 Å². The molecule has 0 aromatic heterocycles. The minimum Gasteiger partial charge on any atom is -0.373 e. The fraction of sp³-hybridized carbons (Fsp3) is 0.333. The van der Waals surface area contributed by atoms with Gasteiger partial charge in [0.1, 0.15) is 11.6 Å². The molecule has 0 unspecified atom stereocenters. The third-order valence-electron chi connectivity index (χ3n) is 4.00. The smallest absolute Gasteiger partial charge is 0.133 e. The summed E-state index contributed by atoms with van der Waals surface area (Å²) in [5.74, 6) is -1.11. The van der Waals surface area contributed by atoms with Crippen molar-refractivity contribution in [3.05, 3.63) is 59.7 Å². The van der Waals surface area contributed by atoms with Crippen LogP contribution in [0.25, 0.3) is 11.1 Å². The van der Waals surface area contributed by atoms with Crippen molar-refractivity contribution in [1.82, 2.24) is 5.32 Å². The van der Waals surface area contributed by atoms with Gasteiger partial charge in [0.25, 0.3) is 0 Å². The van der Waals surface area contributed by atoms with E-state index >= 15 is 0 Å². The van der Waals surface area contributed by atoms with Crippen molar-refractivity contribution in [3.8, 4) is 11.1 Å². The molecular formula is C18H19F2NO. The predicted octanol–water partition coefficient (Wildman–Crippen LogP) is 3.90. The third-order valence-corrected chi connectivity index (χ3v) is 4.00. The van der Waals surface area contributed by atoms with Crippen LogP contribution in [0.4, 0.5) is 8.78 Å². The molecule has 1 aliphatic rings. The van der Waals surface area contributed by atoms with Crippen LogP contribution in [0, 0.1) is 11.6 Å². The molecule has 0 saturated carbocycles. The zero-order valence-electron chi connectivity index (χ0n) is 12.3. The molecule has 0 spiro atoms. The van der Waals surface area contributed by atoms with E-state index in [-0.39, 0.29) is 6.10 Å². The summed E-state index contributed by atoms with van der Waals surface area (Å²) in [4.78, 5) is 0. The number of halogens is 2. The standard InChI is InChI=1S/C18H19F2NO/c19-14-5-6-17(18(20)11-14)16-4-2-1-3-13(16)12-22-15-7-9-21-10-8-15/h1-6,11,15,21H,7-10,12H2. The average Bonchev–Trinajstić information content (AvgIpc) is 2.54. The van der Waals surface area contributed by atoms with Gasteiger partial charge in [-0.05, 0) is 49.2 Å². The van der Waals surface area contributed by atoms with Crippen molar-refractivity contribution in [3.63, 3.8) is 0 Å². The van der Waals surface area contributed by atoms with Crippen molar-refractivity contribution < 1.29 is 13.5 Å². The molecular weight excluding hydrogens is 284 g/mol. The number of rotatable bonds is 4. The molecule has 0 atom stereocenters. The molecule has 22 heavy (non-hydrogen) atoms. The van der Waals surface area contributed by atoms with E-state index in [2.05, 4.69) is 5.32 Å². The Hall–Kier alpha value is -1.78. The minimum absolute atomic E-state index is 0.243. The molecule has 1 saturated heterocycles. The summed E-state index contributed by atoms with van der Waals surface area (Å²) >= 11 is 0. The topological polar surface area (TPSA) is 21.3 Å². The Balaban J connectivity index is 1.80. The molecule has 1 aliphatic heterocycles. The molecule has 1 heterocycles. The van der Waals surface area contributed by atoms with E-state index in [0.29, 0.717) is 12.2 Å². The van der Waals surface area contributed by atoms with Crippen molar-refractivity contribution in [1.29, 1.82) is 0 Å². The van der Waals surface area contributed by atoms with Gasteiger partial charge in [0.2, 0.25) is 0 Å². The van der Waals surface area contributed by atoms with Gasteiger partial charge in [-0.1, -0.05) is 24.3 Å². The van der Waals surface area contributed by atoms with Crippen LogP contribution >= 0.6 is 0 Å². The minimum atomic E-state index is -0.565. The van der Waals surface area contributed by atoms with Crippen LogP contribution in [-0.2, 0) is 11.3 Å². The first-order chi connectivity index (χ1) is 10.7. The van der Waals surface area contributed by atoms with Crippen molar-refractivity contribution in [2.45, 2.75) is 25.6 Å². The Kier molecular flexibility index (Phi) is 4.80. The van der Waals surface area contributed by atoms with Crippen LogP contribution in [0.5, 0.6) is 0 Å². The molecule has 2 aromatic rings. The maximum atomic E-state index is 14.0. The van der Waals surface area contributed by atoms with E-state index in [1.54, 1.807) is 0 Å². The van der Waals surface area contributed by atoms with Gasteiger partial charge >= 0.3 is 0 Å². The van der Waals surface area contributed by atoms with Crippen LogP contribution in [0.2, 0.25) is 0 Å². The molecule has 0 bridgehead atoms. The first-order valence-electron chi connectivity index (χ1n) is 7.59. The zero-order valence-corrected chi connectivity index (χ0v) is 12.3. The average molecular weight is 303 g/mol. The highest BCUT2D eigenvalue weighted by Gasteiger charge is 2.15. The number of hydrogen-bond donors (Lipinski definition) is 1. The Labute approximate surface area is 129 Å². The maximum Gasteiger partial charge on any atom is 0.133 e. The summed E-state index contributed by atoms with van der Waals surface area (Å²) in [6.07, 6.45) is 2.23. The lowest BCUT2D eigenvalue weighted by molar-refractivity contribution is 0.0214. The van der Waals surface area contributed by atoms with Gasteiger partial charge in [-0.15, -0.1) is 0 Å². The second-order valence-corrected chi connectivity index (χ2v) is 5.54. The number of ether oxygens (including phenoxy) is 1. The number of hydrogen-bond acceptors (Lipinski definition) is 2. The molecule has 2 nitrogen and oxygen atoms in total. The highest BCUT2D eigenvalue weighted by molar-refractivity contribution is 5.67. The number of piperidine rings is 1. The third kappa shape index (κ3) is 3.51. The SMILES string of the molecule is Fc1ccc(-c2ccccc2COC2CCNCC2)c(F)c1. The van der Waals surface area contributed by atoms with E-state index in [9.17, 15) is 8.78 Å². The predicted molar refractivity (Wildman–Crippen MR) is 82.5 cm³/mol. The zero-order chi connectivity index (χ0) is 15.4. The number of nitrogens with one attached hydrogen (secondary N) is 1. The molecule has 1 fully saturated rings. The van der Waals surface area contributed by atoms with Gasteiger partial charge in [-0.25, -0.2) is 8.78 Å². The summed E-state index contributed by atoms with van der Waals surface area (Å²) in [5, 5.41) is 3.30. The molecule has 116 valence electrons. The molecule has 1 N–H and O–H groups in total. The Morgan fingerprint density at radius 1 is 1.00 bits per heavy atom. The van der Waals surface area contributed by atoms with Crippen LogP contribution in [0.1, 0.15) is 18.4 Å². The molecule has 2 aromatic carbocycles. The van der Waals surface area contributed by atoms with Gasteiger partial charge in [0.15, 0.2) is 0 Å². The molecule has 0 amide bonds. The van der Waals surface area contributed by atoms with E-state index in [4.69, 9.17) is 4.74 Å². The van der Waals surface area contributed by atoms with Crippen molar-refractivity contribution in [2.24, 2.45) is 0 Å². The highest BCUT2D eigenvalue weighted by atomic mass is 19.1. The second kappa shape index (κ2) is 6.99. The summed E-state index contributed by atoms with van der Waals surface area (Å²) in [6, 6.07) is 11.2. The van der Waals surface area contributed by atoms with Crippen LogP contribution < -0.4 is 5.32 Å². The van der Waals surface area contributed by atoms with E-state index in [1.807, 2.05) is 24.3 Å². The molecule has 3 rings (SSSR count). The van der Waals surface area contributed by atoms with Crippen molar-refractivity contribution >= 4 is 0 Å². The van der Waals surface area contributed by atoms with Crippen LogP contribution in [-0.4, -0.2) is 19.2 Å². The first kappa shape index (κ1) is 15.1. The Bertz CT molecular complexity index is 639. The summed E-state index contributed by atoms with van der Waals surface area (Å²) in [6.45, 7) is 2.38. The lowest BCUT2D eigenvalue weighted by Crippen LogP contribution is -2.32. The fourth-order valence-corrected chi connectivity index (χ4v) is 2.79. The Morgan fingerprint density at radius 2 is 1.77 bits per heavy atom. The van der Waals surface area contributed by atoms with Gasteiger partial charge in [-0.2, -0.15) is 0 Å². The molecule has 0 radical (unpaired) electrons. The second-order valence-electron chi connectivity index (χ2n) is 5.54.